The summed E-state index contributed by atoms with van der Waals surface area (Å²) in [5, 5.41) is 9.25. The molecule has 96 valence electrons. The molecule has 1 aliphatic rings. The SMILES string of the molecule is CC(C)(C#N)N(C(=O)c1cc(Br)sc1Br)C1CC1. The number of hydrogen-bond donors (Lipinski definition) is 0. The average molecular weight is 392 g/mol. The maximum absolute atomic E-state index is 12.6. The largest absolute Gasteiger partial charge is 0.317 e. The summed E-state index contributed by atoms with van der Waals surface area (Å²) < 4.78 is 1.71. The second kappa shape index (κ2) is 4.95. The van der Waals surface area contributed by atoms with Crippen molar-refractivity contribution in [2.45, 2.75) is 38.3 Å². The van der Waals surface area contributed by atoms with Crippen LogP contribution in [0, 0.1) is 11.3 Å². The van der Waals surface area contributed by atoms with Gasteiger partial charge in [0.25, 0.3) is 5.91 Å². The third kappa shape index (κ3) is 2.63. The van der Waals surface area contributed by atoms with Gasteiger partial charge in [-0.3, -0.25) is 4.79 Å². The van der Waals surface area contributed by atoms with Crippen molar-refractivity contribution in [3.63, 3.8) is 0 Å². The number of carbonyl (C=O) groups excluding carboxylic acids is 1. The summed E-state index contributed by atoms with van der Waals surface area (Å²) in [4.78, 5) is 14.3. The highest BCUT2D eigenvalue weighted by Crippen LogP contribution is 2.38. The molecule has 0 aromatic carbocycles. The molecule has 1 aromatic rings. The second-order valence-corrected chi connectivity index (χ2v) is 8.56. The summed E-state index contributed by atoms with van der Waals surface area (Å²) in [6.45, 7) is 3.58. The lowest BCUT2D eigenvalue weighted by Crippen LogP contribution is -2.48. The number of hydrogen-bond acceptors (Lipinski definition) is 3. The Morgan fingerprint density at radius 2 is 2.17 bits per heavy atom. The van der Waals surface area contributed by atoms with E-state index in [2.05, 4.69) is 37.9 Å². The van der Waals surface area contributed by atoms with Crippen LogP contribution in [0.1, 0.15) is 37.0 Å². The van der Waals surface area contributed by atoms with E-state index in [4.69, 9.17) is 0 Å². The summed E-state index contributed by atoms with van der Waals surface area (Å²) in [5.74, 6) is -0.0714. The standard InChI is InChI=1S/C12H12Br2N2OS/c1-12(2,6-15)16(7-3-4-7)11(17)8-5-9(13)18-10(8)14/h5,7H,3-4H2,1-2H3. The van der Waals surface area contributed by atoms with Gasteiger partial charge < -0.3 is 4.90 Å². The molecule has 0 unspecified atom stereocenters. The molecule has 1 aromatic heterocycles. The van der Waals surface area contributed by atoms with Gasteiger partial charge in [-0.1, -0.05) is 0 Å². The normalized spacial score (nSPS) is 15.3. The Balaban J connectivity index is 2.36. The highest BCUT2D eigenvalue weighted by atomic mass is 79.9. The van der Waals surface area contributed by atoms with Crippen LogP contribution in [-0.4, -0.2) is 22.4 Å². The van der Waals surface area contributed by atoms with Gasteiger partial charge in [0, 0.05) is 6.04 Å². The summed E-state index contributed by atoms with van der Waals surface area (Å²) >= 11 is 8.24. The van der Waals surface area contributed by atoms with Gasteiger partial charge in [0.2, 0.25) is 0 Å². The Kier molecular flexibility index (Phi) is 3.86. The summed E-state index contributed by atoms with van der Waals surface area (Å²) in [6, 6.07) is 4.23. The number of nitriles is 1. The number of halogens is 2. The van der Waals surface area contributed by atoms with Gasteiger partial charge in [-0.2, -0.15) is 5.26 Å². The molecule has 2 rings (SSSR count). The van der Waals surface area contributed by atoms with Gasteiger partial charge in [0.1, 0.15) is 5.54 Å². The third-order valence-corrected chi connectivity index (χ3v) is 5.23. The van der Waals surface area contributed by atoms with E-state index < -0.39 is 5.54 Å². The van der Waals surface area contributed by atoms with Gasteiger partial charge in [0.05, 0.1) is 19.2 Å². The summed E-state index contributed by atoms with van der Waals surface area (Å²) in [5.41, 5.74) is -0.145. The molecule has 1 amide bonds. The van der Waals surface area contributed by atoms with Crippen molar-refractivity contribution in [3.8, 4) is 6.07 Å². The number of thiophene rings is 1. The van der Waals surface area contributed by atoms with Gasteiger partial charge in [-0.15, -0.1) is 11.3 Å². The lowest BCUT2D eigenvalue weighted by molar-refractivity contribution is 0.0615. The first-order valence-corrected chi connectivity index (χ1v) is 7.97. The van der Waals surface area contributed by atoms with Crippen LogP contribution in [0.2, 0.25) is 0 Å². The van der Waals surface area contributed by atoms with E-state index in [-0.39, 0.29) is 11.9 Å². The van der Waals surface area contributed by atoms with Crippen LogP contribution in [-0.2, 0) is 0 Å². The topological polar surface area (TPSA) is 44.1 Å². The molecule has 1 saturated carbocycles. The summed E-state index contributed by atoms with van der Waals surface area (Å²) in [7, 11) is 0. The number of amides is 1. The second-order valence-electron chi connectivity index (χ2n) is 4.82. The predicted octanol–water partition coefficient (Wildman–Crippen LogP) is 4.18. The fourth-order valence-corrected chi connectivity index (χ4v) is 4.66. The zero-order valence-electron chi connectivity index (χ0n) is 10.0. The van der Waals surface area contributed by atoms with Crippen LogP contribution in [0.5, 0.6) is 0 Å². The average Bonchev–Trinajstić information content (AvgIpc) is 3.04. The van der Waals surface area contributed by atoms with E-state index in [1.54, 1.807) is 24.8 Å². The summed E-state index contributed by atoms with van der Waals surface area (Å²) in [6.07, 6.45) is 1.97. The quantitative estimate of drug-likeness (QED) is 0.775. The zero-order valence-corrected chi connectivity index (χ0v) is 14.0. The van der Waals surface area contributed by atoms with E-state index in [1.807, 2.05) is 0 Å². The van der Waals surface area contributed by atoms with Crippen molar-refractivity contribution in [1.82, 2.24) is 4.90 Å². The fourth-order valence-electron chi connectivity index (χ4n) is 1.88. The molecule has 6 heteroatoms. The van der Waals surface area contributed by atoms with Crippen LogP contribution < -0.4 is 0 Å². The molecule has 1 heterocycles. The maximum Gasteiger partial charge on any atom is 0.257 e. The Hall–Kier alpha value is -0.380. The number of carbonyl (C=O) groups is 1. The number of nitrogens with zero attached hydrogens (tertiary/aromatic N) is 2. The van der Waals surface area contributed by atoms with Crippen molar-refractivity contribution < 1.29 is 4.79 Å². The molecule has 1 aliphatic carbocycles. The Bertz CT molecular complexity index is 529. The van der Waals surface area contributed by atoms with Crippen molar-refractivity contribution >= 4 is 49.1 Å². The van der Waals surface area contributed by atoms with Crippen LogP contribution in [0.4, 0.5) is 0 Å². The molecule has 0 radical (unpaired) electrons. The molecule has 0 bridgehead atoms. The minimum atomic E-state index is -0.772. The first kappa shape index (κ1) is 14.0. The van der Waals surface area contributed by atoms with Gasteiger partial charge in [-0.05, 0) is 64.6 Å². The number of rotatable bonds is 3. The molecule has 0 atom stereocenters. The zero-order chi connectivity index (χ0) is 13.5. The highest BCUT2D eigenvalue weighted by Gasteiger charge is 2.42. The first-order valence-electron chi connectivity index (χ1n) is 5.56. The Morgan fingerprint density at radius 3 is 2.56 bits per heavy atom. The predicted molar refractivity (Wildman–Crippen MR) is 78.6 cm³/mol. The molecule has 0 aliphatic heterocycles. The lowest BCUT2D eigenvalue weighted by atomic mass is 10.0. The van der Waals surface area contributed by atoms with E-state index in [0.717, 1.165) is 20.4 Å². The molecule has 0 saturated heterocycles. The van der Waals surface area contributed by atoms with Crippen molar-refractivity contribution in [3.05, 3.63) is 19.2 Å². The van der Waals surface area contributed by atoms with Crippen LogP contribution in [0.25, 0.3) is 0 Å². The molecular weight excluding hydrogens is 380 g/mol. The maximum atomic E-state index is 12.6. The minimum Gasteiger partial charge on any atom is -0.317 e. The molecule has 1 fully saturated rings. The van der Waals surface area contributed by atoms with Crippen molar-refractivity contribution in [2.75, 3.05) is 0 Å². The molecular formula is C12H12Br2N2OS. The fraction of sp³-hybridized carbons (Fsp3) is 0.500. The van der Waals surface area contributed by atoms with Crippen molar-refractivity contribution in [2.24, 2.45) is 0 Å². The van der Waals surface area contributed by atoms with Gasteiger partial charge in [-0.25, -0.2) is 0 Å². The monoisotopic (exact) mass is 390 g/mol. The Morgan fingerprint density at radius 1 is 1.56 bits per heavy atom. The molecule has 3 nitrogen and oxygen atoms in total. The molecule has 0 N–H and O–H groups in total. The minimum absolute atomic E-state index is 0.0714. The van der Waals surface area contributed by atoms with E-state index in [0.29, 0.717) is 5.56 Å². The molecule has 0 spiro atoms. The highest BCUT2D eigenvalue weighted by molar-refractivity contribution is 9.12. The first-order chi connectivity index (χ1) is 8.36. The Labute approximate surface area is 127 Å². The van der Waals surface area contributed by atoms with Crippen molar-refractivity contribution in [1.29, 1.82) is 5.26 Å². The van der Waals surface area contributed by atoms with Gasteiger partial charge >= 0.3 is 0 Å². The van der Waals surface area contributed by atoms with Crippen LogP contribution in [0.3, 0.4) is 0 Å². The smallest absolute Gasteiger partial charge is 0.257 e. The lowest BCUT2D eigenvalue weighted by Gasteiger charge is -2.33. The van der Waals surface area contributed by atoms with Gasteiger partial charge in [0.15, 0.2) is 0 Å². The van der Waals surface area contributed by atoms with E-state index in [9.17, 15) is 10.1 Å². The van der Waals surface area contributed by atoms with Crippen LogP contribution >= 0.6 is 43.2 Å². The van der Waals surface area contributed by atoms with E-state index in [1.165, 1.54) is 11.3 Å². The van der Waals surface area contributed by atoms with Crippen LogP contribution in [0.15, 0.2) is 13.6 Å². The molecule has 18 heavy (non-hydrogen) atoms. The third-order valence-electron chi connectivity index (χ3n) is 2.89. The van der Waals surface area contributed by atoms with E-state index >= 15 is 0 Å².